The van der Waals surface area contributed by atoms with E-state index in [0.717, 1.165) is 96.3 Å². The molecular weight excluding hydrogens is 755 g/mol. The van der Waals surface area contributed by atoms with Gasteiger partial charge < -0.3 is 20.3 Å². The van der Waals surface area contributed by atoms with Crippen LogP contribution in [0.15, 0.2) is 85.1 Å². The molecule has 6 heteroatoms. The van der Waals surface area contributed by atoms with Gasteiger partial charge in [0.15, 0.2) is 0 Å². The highest BCUT2D eigenvalue weighted by Gasteiger charge is 2.24. The van der Waals surface area contributed by atoms with Crippen LogP contribution in [0.3, 0.4) is 0 Å². The number of aliphatic hydroxyl groups is 2. The van der Waals surface area contributed by atoms with Crippen molar-refractivity contribution in [2.45, 2.75) is 244 Å². The van der Waals surface area contributed by atoms with Gasteiger partial charge in [-0.15, -0.1) is 0 Å². The molecule has 0 aromatic rings. The fourth-order valence-electron chi connectivity index (χ4n) is 7.15. The Labute approximate surface area is 376 Å². The van der Waals surface area contributed by atoms with Gasteiger partial charge in [0.1, 0.15) is 6.10 Å². The summed E-state index contributed by atoms with van der Waals surface area (Å²) in [4.78, 5) is 26.1. The number of carbonyl (C=O) groups is 2. The number of hydrogen-bond acceptors (Lipinski definition) is 5. The van der Waals surface area contributed by atoms with Gasteiger partial charge in [0.25, 0.3) is 0 Å². The summed E-state index contributed by atoms with van der Waals surface area (Å²) in [7, 11) is 0. The van der Waals surface area contributed by atoms with Gasteiger partial charge in [0.05, 0.1) is 25.2 Å². The van der Waals surface area contributed by atoms with Crippen molar-refractivity contribution in [1.29, 1.82) is 0 Å². The van der Waals surface area contributed by atoms with Gasteiger partial charge in [-0.1, -0.05) is 209 Å². The van der Waals surface area contributed by atoms with E-state index in [-0.39, 0.29) is 24.9 Å². The normalized spacial score (nSPS) is 14.0. The van der Waals surface area contributed by atoms with Crippen molar-refractivity contribution in [2.24, 2.45) is 0 Å². The van der Waals surface area contributed by atoms with Crippen LogP contribution in [0.2, 0.25) is 0 Å². The minimum Gasteiger partial charge on any atom is -0.462 e. The molecule has 0 saturated heterocycles. The molecule has 0 aromatic carbocycles. The van der Waals surface area contributed by atoms with Gasteiger partial charge in [-0.05, 0) is 89.9 Å². The second-order valence-electron chi connectivity index (χ2n) is 17.0. The van der Waals surface area contributed by atoms with Gasteiger partial charge in [-0.3, -0.25) is 9.59 Å². The first-order valence-electron chi connectivity index (χ1n) is 25.4. The molecular formula is C55H95NO5. The third-order valence-corrected chi connectivity index (χ3v) is 11.0. The van der Waals surface area contributed by atoms with Crippen molar-refractivity contribution in [3.8, 4) is 0 Å². The van der Waals surface area contributed by atoms with Crippen LogP contribution in [0.25, 0.3) is 0 Å². The highest BCUT2D eigenvalue weighted by atomic mass is 16.5. The fraction of sp³-hybridized carbons (Fsp3) is 0.709. The summed E-state index contributed by atoms with van der Waals surface area (Å²) in [5, 5.41) is 23.7. The fourth-order valence-corrected chi connectivity index (χ4v) is 7.15. The minimum absolute atomic E-state index is 0.0381. The number of aliphatic hydroxyl groups excluding tert-OH is 2. The van der Waals surface area contributed by atoms with E-state index in [0.29, 0.717) is 19.3 Å². The molecule has 0 spiro atoms. The first-order valence-corrected chi connectivity index (χ1v) is 25.4. The highest BCUT2D eigenvalue weighted by molar-refractivity contribution is 5.77. The molecule has 0 aromatic heterocycles. The first kappa shape index (κ1) is 58.0. The van der Waals surface area contributed by atoms with Crippen LogP contribution in [0.4, 0.5) is 0 Å². The lowest BCUT2D eigenvalue weighted by Crippen LogP contribution is -2.46. The number of unbranched alkanes of at least 4 members (excludes halogenated alkanes) is 21. The van der Waals surface area contributed by atoms with Crippen molar-refractivity contribution >= 4 is 11.9 Å². The summed E-state index contributed by atoms with van der Waals surface area (Å²) in [5.41, 5.74) is 0. The van der Waals surface area contributed by atoms with Crippen molar-refractivity contribution in [3.05, 3.63) is 85.1 Å². The number of carbonyl (C=O) groups excluding carboxylic acids is 2. The van der Waals surface area contributed by atoms with Crippen molar-refractivity contribution in [1.82, 2.24) is 5.32 Å². The van der Waals surface area contributed by atoms with Crippen LogP contribution < -0.4 is 5.32 Å². The Kier molecular flexibility index (Phi) is 45.7. The van der Waals surface area contributed by atoms with E-state index < -0.39 is 18.2 Å². The van der Waals surface area contributed by atoms with E-state index in [1.807, 2.05) is 6.08 Å². The average Bonchev–Trinajstić information content (AvgIpc) is 3.25. The SMILES string of the molecule is CCCCC/C=C\C/C=C\C/C=C\CCCCCCC(=O)OC(CCCCC/C=C/C=C/C=C/C=C/CCCCC)CC(=O)NC(CO)C(O)CCCCCCCCCCC. The number of ether oxygens (including phenoxy) is 1. The lowest BCUT2D eigenvalue weighted by molar-refractivity contribution is -0.151. The molecule has 3 atom stereocenters. The lowest BCUT2D eigenvalue weighted by Gasteiger charge is -2.24. The molecule has 1 amide bonds. The van der Waals surface area contributed by atoms with Crippen molar-refractivity contribution in [2.75, 3.05) is 6.61 Å². The molecule has 3 N–H and O–H groups in total. The van der Waals surface area contributed by atoms with Gasteiger partial charge in [-0.25, -0.2) is 0 Å². The number of rotatable bonds is 44. The predicted octanol–water partition coefficient (Wildman–Crippen LogP) is 15.2. The van der Waals surface area contributed by atoms with Gasteiger partial charge in [-0.2, -0.15) is 0 Å². The van der Waals surface area contributed by atoms with Gasteiger partial charge in [0, 0.05) is 6.42 Å². The lowest BCUT2D eigenvalue weighted by atomic mass is 10.0. The standard InChI is InChI=1S/C55H95NO5/c1-4-7-10-13-16-19-21-23-25-27-29-31-33-36-39-42-45-48-55(60)61-51(46-43-40-37-35-32-30-28-26-24-22-20-17-14-11-8-5-2)49-54(59)56-52(50-57)53(58)47-44-41-38-34-18-15-12-9-6-3/h16-17,19-20,22-26,28-32,51-53,57-58H,4-15,18,21,27,33-50H2,1-3H3,(H,56,59)/b19-16-,20-17+,24-22+,25-23-,28-26+,31-29-,32-30+. The molecule has 0 aliphatic heterocycles. The topological polar surface area (TPSA) is 95.9 Å². The molecule has 3 unspecified atom stereocenters. The zero-order valence-electron chi connectivity index (χ0n) is 39.8. The highest BCUT2D eigenvalue weighted by Crippen LogP contribution is 2.17. The summed E-state index contributed by atoms with van der Waals surface area (Å²) in [5.74, 6) is -0.544. The maximum Gasteiger partial charge on any atom is 0.306 e. The Hall–Kier alpha value is -2.96. The number of esters is 1. The van der Waals surface area contributed by atoms with E-state index in [4.69, 9.17) is 4.74 Å². The van der Waals surface area contributed by atoms with Crippen LogP contribution in [-0.4, -0.2) is 46.9 Å². The largest absolute Gasteiger partial charge is 0.462 e. The number of amides is 1. The number of allylic oxidation sites excluding steroid dienone is 14. The number of hydrogen-bond donors (Lipinski definition) is 3. The molecule has 350 valence electrons. The van der Waals surface area contributed by atoms with E-state index in [9.17, 15) is 19.8 Å². The van der Waals surface area contributed by atoms with Crippen LogP contribution in [0, 0.1) is 0 Å². The summed E-state index contributed by atoms with van der Waals surface area (Å²) in [6.07, 6.45) is 62.1. The van der Waals surface area contributed by atoms with Crippen LogP contribution >= 0.6 is 0 Å². The first-order chi connectivity index (χ1) is 30.0. The van der Waals surface area contributed by atoms with E-state index >= 15 is 0 Å². The molecule has 0 rings (SSSR count). The molecule has 6 nitrogen and oxygen atoms in total. The molecule has 0 radical (unpaired) electrons. The Bertz CT molecular complexity index is 1180. The Morgan fingerprint density at radius 2 is 0.902 bits per heavy atom. The Balaban J connectivity index is 4.73. The van der Waals surface area contributed by atoms with Crippen molar-refractivity contribution < 1.29 is 24.5 Å². The molecule has 0 aliphatic carbocycles. The van der Waals surface area contributed by atoms with E-state index in [1.54, 1.807) is 0 Å². The molecule has 61 heavy (non-hydrogen) atoms. The molecule has 0 fully saturated rings. The van der Waals surface area contributed by atoms with Crippen LogP contribution in [-0.2, 0) is 14.3 Å². The average molecular weight is 850 g/mol. The molecule has 0 heterocycles. The third-order valence-electron chi connectivity index (χ3n) is 11.0. The maximum absolute atomic E-state index is 13.2. The zero-order chi connectivity index (χ0) is 44.5. The van der Waals surface area contributed by atoms with E-state index in [1.165, 1.54) is 83.5 Å². The van der Waals surface area contributed by atoms with Gasteiger partial charge in [0.2, 0.25) is 5.91 Å². The minimum atomic E-state index is -0.805. The smallest absolute Gasteiger partial charge is 0.306 e. The van der Waals surface area contributed by atoms with Crippen LogP contribution in [0.1, 0.15) is 226 Å². The summed E-state index contributed by atoms with van der Waals surface area (Å²) >= 11 is 0. The molecule has 0 aliphatic rings. The van der Waals surface area contributed by atoms with Gasteiger partial charge >= 0.3 is 5.97 Å². The molecule has 0 saturated carbocycles. The summed E-state index contributed by atoms with van der Waals surface area (Å²) in [6.45, 7) is 6.37. The maximum atomic E-state index is 13.2. The summed E-state index contributed by atoms with van der Waals surface area (Å²) < 4.78 is 5.90. The van der Waals surface area contributed by atoms with Crippen molar-refractivity contribution in [3.63, 3.8) is 0 Å². The quantitative estimate of drug-likeness (QED) is 0.0246. The van der Waals surface area contributed by atoms with Crippen LogP contribution in [0.5, 0.6) is 0 Å². The molecule has 0 bridgehead atoms. The number of nitrogens with one attached hydrogen (secondary N) is 1. The Morgan fingerprint density at radius 1 is 0.492 bits per heavy atom. The second-order valence-corrected chi connectivity index (χ2v) is 17.0. The van der Waals surface area contributed by atoms with E-state index in [2.05, 4.69) is 105 Å². The third kappa shape index (κ3) is 43.5. The second kappa shape index (κ2) is 48.1. The Morgan fingerprint density at radius 3 is 1.46 bits per heavy atom. The monoisotopic (exact) mass is 850 g/mol. The zero-order valence-corrected chi connectivity index (χ0v) is 39.8. The summed E-state index contributed by atoms with van der Waals surface area (Å²) in [6, 6.07) is -0.722. The predicted molar refractivity (Wildman–Crippen MR) is 264 cm³/mol.